The lowest BCUT2D eigenvalue weighted by atomic mass is 9.69. The summed E-state index contributed by atoms with van der Waals surface area (Å²) in [7, 11) is 0. The minimum atomic E-state index is -0.729. The summed E-state index contributed by atoms with van der Waals surface area (Å²) in [5.41, 5.74) is 2.60. The van der Waals surface area contributed by atoms with Crippen LogP contribution in [0.15, 0.2) is 27.4 Å². The Hall–Kier alpha value is -1.71. The Balaban J connectivity index is 2.31. The number of hydrogen-bond acceptors (Lipinski definition) is 4. The molecular formula is C18H24N2O2. The minimum absolute atomic E-state index is 0.0492. The van der Waals surface area contributed by atoms with Crippen LogP contribution < -0.4 is 5.32 Å². The van der Waals surface area contributed by atoms with Crippen LogP contribution in [-0.2, 0) is 9.59 Å². The second-order valence-electron chi connectivity index (χ2n) is 8.03. The molecule has 3 rings (SSSR count). The number of dihydropyridines is 1. The molecule has 1 N–H and O–H groups in total. The molecule has 0 aromatic rings. The van der Waals surface area contributed by atoms with Gasteiger partial charge in [0.2, 0.25) is 0 Å². The minimum Gasteiger partial charge on any atom is -0.377 e. The maximum absolute atomic E-state index is 13.0. The fourth-order valence-electron chi connectivity index (χ4n) is 4.46. The zero-order valence-electron chi connectivity index (χ0n) is 14.5. The van der Waals surface area contributed by atoms with Crippen LogP contribution in [0.2, 0.25) is 0 Å². The Morgan fingerprint density at radius 2 is 1.64 bits per heavy atom. The van der Waals surface area contributed by atoms with Gasteiger partial charge in [0.1, 0.15) is 5.54 Å². The van der Waals surface area contributed by atoms with E-state index >= 15 is 0 Å². The summed E-state index contributed by atoms with van der Waals surface area (Å²) in [4.78, 5) is 30.3. The Labute approximate surface area is 131 Å². The van der Waals surface area contributed by atoms with Crippen LogP contribution in [0.5, 0.6) is 0 Å². The van der Waals surface area contributed by atoms with Gasteiger partial charge < -0.3 is 5.32 Å². The average molecular weight is 300 g/mol. The molecule has 0 aromatic heterocycles. The summed E-state index contributed by atoms with van der Waals surface area (Å²) >= 11 is 0. The second kappa shape index (κ2) is 3.98. The van der Waals surface area contributed by atoms with Crippen LogP contribution in [0.1, 0.15) is 54.9 Å². The molecule has 1 saturated carbocycles. The van der Waals surface area contributed by atoms with Gasteiger partial charge in [-0.1, -0.05) is 0 Å². The molecule has 1 atom stereocenters. The van der Waals surface area contributed by atoms with Crippen molar-refractivity contribution in [3.8, 4) is 0 Å². The molecule has 0 amide bonds. The zero-order valence-corrected chi connectivity index (χ0v) is 14.5. The van der Waals surface area contributed by atoms with Crippen molar-refractivity contribution >= 4 is 17.3 Å². The molecule has 2 aliphatic heterocycles. The van der Waals surface area contributed by atoms with Crippen LogP contribution in [-0.4, -0.2) is 28.4 Å². The number of hydrogen-bond donors (Lipinski definition) is 1. The molecule has 1 fully saturated rings. The van der Waals surface area contributed by atoms with E-state index in [2.05, 4.69) is 10.3 Å². The molecule has 0 bridgehead atoms. The SMILES string of the molecule is CC1=C2C3=C(C)C(=O)C(C)(C)N=C3CC2(C)C(=O)C(C)(C)N1. The first-order valence-electron chi connectivity index (χ1n) is 7.81. The standard InChI is InChI=1S/C18H24N2O2/c1-9-12-11(20-16(3,4)14(9)21)8-18(7)13(12)10(2)19-17(5,6)15(18)22/h19H,8H2,1-7H3. The lowest BCUT2D eigenvalue weighted by Gasteiger charge is -2.41. The quantitative estimate of drug-likeness (QED) is 0.748. The lowest BCUT2D eigenvalue weighted by Crippen LogP contribution is -2.56. The van der Waals surface area contributed by atoms with Gasteiger partial charge in [-0.2, -0.15) is 0 Å². The highest BCUT2D eigenvalue weighted by Crippen LogP contribution is 2.53. The predicted molar refractivity (Wildman–Crippen MR) is 86.9 cm³/mol. The van der Waals surface area contributed by atoms with E-state index in [1.54, 1.807) is 0 Å². The second-order valence-corrected chi connectivity index (χ2v) is 8.03. The summed E-state index contributed by atoms with van der Waals surface area (Å²) in [5.74, 6) is 0.219. The summed E-state index contributed by atoms with van der Waals surface area (Å²) in [6.07, 6.45) is 0.590. The summed E-state index contributed by atoms with van der Waals surface area (Å²) < 4.78 is 0. The van der Waals surface area contributed by atoms with Crippen molar-refractivity contribution in [3.63, 3.8) is 0 Å². The van der Waals surface area contributed by atoms with Gasteiger partial charge in [0.15, 0.2) is 11.6 Å². The number of aliphatic imine (C=N–C) groups is 1. The van der Waals surface area contributed by atoms with E-state index in [-0.39, 0.29) is 11.6 Å². The number of ketones is 2. The van der Waals surface area contributed by atoms with Crippen molar-refractivity contribution < 1.29 is 9.59 Å². The summed E-state index contributed by atoms with van der Waals surface area (Å²) in [6, 6.07) is 0. The van der Waals surface area contributed by atoms with Gasteiger partial charge in [0.25, 0.3) is 0 Å². The summed E-state index contributed by atoms with van der Waals surface area (Å²) in [5, 5.41) is 3.32. The van der Waals surface area contributed by atoms with Gasteiger partial charge in [0, 0.05) is 29.0 Å². The van der Waals surface area contributed by atoms with E-state index in [0.717, 1.165) is 28.1 Å². The molecule has 3 aliphatic rings. The maximum atomic E-state index is 13.0. The van der Waals surface area contributed by atoms with Crippen LogP contribution >= 0.6 is 0 Å². The Kier molecular flexibility index (Phi) is 2.75. The zero-order chi connectivity index (χ0) is 16.7. The van der Waals surface area contributed by atoms with Crippen molar-refractivity contribution in [3.05, 3.63) is 22.4 Å². The van der Waals surface area contributed by atoms with E-state index in [1.807, 2.05) is 48.5 Å². The van der Waals surface area contributed by atoms with Crippen LogP contribution in [0.25, 0.3) is 0 Å². The van der Waals surface area contributed by atoms with E-state index in [0.29, 0.717) is 6.42 Å². The number of carbonyl (C=O) groups excluding carboxylic acids is 2. The number of nitrogens with zero attached hydrogens (tertiary/aromatic N) is 1. The molecule has 0 saturated heterocycles. The highest BCUT2D eigenvalue weighted by atomic mass is 16.1. The third-order valence-electron chi connectivity index (χ3n) is 5.24. The summed E-state index contributed by atoms with van der Waals surface area (Å²) in [6.45, 7) is 13.4. The van der Waals surface area contributed by atoms with Crippen molar-refractivity contribution in [2.45, 2.75) is 66.0 Å². The van der Waals surface area contributed by atoms with Crippen molar-refractivity contribution in [1.29, 1.82) is 0 Å². The van der Waals surface area contributed by atoms with Gasteiger partial charge in [-0.25, -0.2) is 0 Å². The largest absolute Gasteiger partial charge is 0.377 e. The normalized spacial score (nSPS) is 32.6. The average Bonchev–Trinajstić information content (AvgIpc) is 2.67. The molecule has 2 heterocycles. The molecular weight excluding hydrogens is 276 g/mol. The highest BCUT2D eigenvalue weighted by Gasteiger charge is 2.57. The molecule has 0 spiro atoms. The molecule has 22 heavy (non-hydrogen) atoms. The van der Waals surface area contributed by atoms with Crippen molar-refractivity contribution in [2.75, 3.05) is 0 Å². The molecule has 1 aliphatic carbocycles. The fraction of sp³-hybridized carbons (Fsp3) is 0.611. The molecule has 118 valence electrons. The molecule has 1 unspecified atom stereocenters. The Bertz CT molecular complexity index is 719. The molecule has 0 radical (unpaired) electrons. The topological polar surface area (TPSA) is 58.5 Å². The molecule has 0 aromatic carbocycles. The van der Waals surface area contributed by atoms with Gasteiger partial charge in [-0.05, 0) is 54.0 Å². The van der Waals surface area contributed by atoms with Crippen LogP contribution in [0, 0.1) is 5.41 Å². The first-order valence-corrected chi connectivity index (χ1v) is 7.81. The van der Waals surface area contributed by atoms with E-state index < -0.39 is 16.5 Å². The smallest absolute Gasteiger partial charge is 0.186 e. The maximum Gasteiger partial charge on any atom is 0.186 e. The first kappa shape index (κ1) is 15.2. The fourth-order valence-corrected chi connectivity index (χ4v) is 4.46. The molecule has 4 nitrogen and oxygen atoms in total. The predicted octanol–water partition coefficient (Wildman–Crippen LogP) is 2.74. The number of allylic oxidation sites excluding steroid dienone is 3. The number of Topliss-reactive ketones (excluding diaryl/α,β-unsaturated/α-hetero) is 2. The number of rotatable bonds is 0. The third kappa shape index (κ3) is 1.67. The van der Waals surface area contributed by atoms with Crippen LogP contribution in [0.4, 0.5) is 0 Å². The highest BCUT2D eigenvalue weighted by molar-refractivity contribution is 6.23. The first-order chi connectivity index (χ1) is 9.92. The van der Waals surface area contributed by atoms with Gasteiger partial charge >= 0.3 is 0 Å². The lowest BCUT2D eigenvalue weighted by molar-refractivity contribution is -0.131. The van der Waals surface area contributed by atoms with E-state index in [4.69, 9.17) is 0 Å². The van der Waals surface area contributed by atoms with E-state index in [1.165, 1.54) is 0 Å². The van der Waals surface area contributed by atoms with Gasteiger partial charge in [0.05, 0.1) is 11.0 Å². The Morgan fingerprint density at radius 3 is 2.23 bits per heavy atom. The van der Waals surface area contributed by atoms with Crippen molar-refractivity contribution in [2.24, 2.45) is 10.4 Å². The monoisotopic (exact) mass is 300 g/mol. The van der Waals surface area contributed by atoms with E-state index in [9.17, 15) is 9.59 Å². The number of carbonyl (C=O) groups is 2. The molecule has 4 heteroatoms. The van der Waals surface area contributed by atoms with Crippen molar-refractivity contribution in [1.82, 2.24) is 5.32 Å². The van der Waals surface area contributed by atoms with Gasteiger partial charge in [-0.15, -0.1) is 0 Å². The Morgan fingerprint density at radius 1 is 1.05 bits per heavy atom. The van der Waals surface area contributed by atoms with Crippen LogP contribution in [0.3, 0.4) is 0 Å². The third-order valence-corrected chi connectivity index (χ3v) is 5.24. The van der Waals surface area contributed by atoms with Gasteiger partial charge in [-0.3, -0.25) is 14.6 Å². The number of fused-ring (bicyclic) bond motifs is 3. The number of nitrogens with one attached hydrogen (secondary N) is 1.